The van der Waals surface area contributed by atoms with Crippen LogP contribution in [0.3, 0.4) is 0 Å². The number of carbonyl (C=O) groups is 1. The molecular formula is C31H39N3O2. The Labute approximate surface area is 215 Å². The molecule has 3 heterocycles. The molecule has 5 nitrogen and oxygen atoms in total. The van der Waals surface area contributed by atoms with E-state index in [0.717, 1.165) is 75.1 Å². The van der Waals surface area contributed by atoms with Crippen molar-refractivity contribution in [2.75, 3.05) is 32.8 Å². The summed E-state index contributed by atoms with van der Waals surface area (Å²) >= 11 is 0. The summed E-state index contributed by atoms with van der Waals surface area (Å²) in [5, 5.41) is 1.27. The molecule has 5 heteroatoms. The van der Waals surface area contributed by atoms with Gasteiger partial charge in [0.15, 0.2) is 0 Å². The van der Waals surface area contributed by atoms with E-state index < -0.39 is 0 Å². The zero-order chi connectivity index (χ0) is 24.6. The van der Waals surface area contributed by atoms with Crippen molar-refractivity contribution in [2.45, 2.75) is 59.0 Å². The lowest BCUT2D eigenvalue weighted by atomic mass is 9.98. The highest BCUT2D eigenvalue weighted by Gasteiger charge is 2.30. The standard InChI is InChI=1S/C31H39N3O2/c1-3-36-26-9-6-24(7-10-26)20-34-29-11-8-25(31(35)33-16-12-22(2)13-17-33)18-27(29)28-21-32(15-14-30(28)34)19-23-4-5-23/h6-11,18,22-23H,3-5,12-17,19-21H2,1-2H3. The minimum atomic E-state index is 0.197. The predicted molar refractivity (Wildman–Crippen MR) is 145 cm³/mol. The number of nitrogens with zero attached hydrogens (tertiary/aromatic N) is 3. The lowest BCUT2D eigenvalue weighted by molar-refractivity contribution is 0.0697. The van der Waals surface area contributed by atoms with E-state index in [9.17, 15) is 4.79 Å². The van der Waals surface area contributed by atoms with E-state index in [1.54, 1.807) is 0 Å². The number of fused-ring (bicyclic) bond motifs is 3. The summed E-state index contributed by atoms with van der Waals surface area (Å²) in [7, 11) is 0. The third kappa shape index (κ3) is 4.78. The molecule has 1 saturated heterocycles. The van der Waals surface area contributed by atoms with Gasteiger partial charge < -0.3 is 14.2 Å². The average molecular weight is 486 g/mol. The minimum absolute atomic E-state index is 0.197. The summed E-state index contributed by atoms with van der Waals surface area (Å²) in [5.41, 5.74) is 6.26. The van der Waals surface area contributed by atoms with Crippen molar-refractivity contribution in [1.82, 2.24) is 14.4 Å². The summed E-state index contributed by atoms with van der Waals surface area (Å²) < 4.78 is 8.15. The van der Waals surface area contributed by atoms with Crippen LogP contribution < -0.4 is 4.74 Å². The summed E-state index contributed by atoms with van der Waals surface area (Å²) in [6.07, 6.45) is 6.06. The molecule has 2 aliphatic heterocycles. The van der Waals surface area contributed by atoms with Gasteiger partial charge in [0.25, 0.3) is 5.91 Å². The third-order valence-electron chi connectivity index (χ3n) is 8.44. The molecule has 0 unspecified atom stereocenters. The largest absolute Gasteiger partial charge is 0.494 e. The number of benzene rings is 2. The van der Waals surface area contributed by atoms with Gasteiger partial charge >= 0.3 is 0 Å². The van der Waals surface area contributed by atoms with E-state index in [-0.39, 0.29) is 5.91 Å². The van der Waals surface area contributed by atoms with E-state index >= 15 is 0 Å². The van der Waals surface area contributed by atoms with Gasteiger partial charge in [-0.1, -0.05) is 19.1 Å². The van der Waals surface area contributed by atoms with Gasteiger partial charge in [0.2, 0.25) is 0 Å². The molecule has 2 aromatic carbocycles. The molecule has 1 aromatic heterocycles. The molecule has 3 aliphatic rings. The van der Waals surface area contributed by atoms with Crippen molar-refractivity contribution >= 4 is 16.8 Å². The van der Waals surface area contributed by atoms with Crippen molar-refractivity contribution < 1.29 is 9.53 Å². The van der Waals surface area contributed by atoms with Crippen LogP contribution in [0, 0.1) is 11.8 Å². The smallest absolute Gasteiger partial charge is 0.253 e. The number of hydrogen-bond acceptors (Lipinski definition) is 3. The Kier molecular flexibility index (Phi) is 6.51. The summed E-state index contributed by atoms with van der Waals surface area (Å²) in [6.45, 7) is 10.9. The van der Waals surface area contributed by atoms with Crippen LogP contribution in [-0.2, 0) is 19.5 Å². The second-order valence-electron chi connectivity index (χ2n) is 11.2. The fourth-order valence-corrected chi connectivity index (χ4v) is 6.08. The zero-order valence-electron chi connectivity index (χ0n) is 21.8. The first-order chi connectivity index (χ1) is 17.6. The third-order valence-corrected chi connectivity index (χ3v) is 8.44. The van der Waals surface area contributed by atoms with Crippen LogP contribution in [0.1, 0.15) is 66.7 Å². The van der Waals surface area contributed by atoms with Crippen LogP contribution in [-0.4, -0.2) is 53.1 Å². The Balaban J connectivity index is 1.34. The van der Waals surface area contributed by atoms with E-state index in [1.165, 1.54) is 47.1 Å². The van der Waals surface area contributed by atoms with Gasteiger partial charge in [-0.2, -0.15) is 0 Å². The first-order valence-corrected chi connectivity index (χ1v) is 14.0. The monoisotopic (exact) mass is 485 g/mol. The van der Waals surface area contributed by atoms with Gasteiger partial charge in [-0.15, -0.1) is 0 Å². The van der Waals surface area contributed by atoms with Crippen molar-refractivity contribution in [2.24, 2.45) is 11.8 Å². The van der Waals surface area contributed by atoms with Crippen molar-refractivity contribution in [3.8, 4) is 5.75 Å². The van der Waals surface area contributed by atoms with Crippen molar-refractivity contribution in [3.05, 3.63) is 64.8 Å². The van der Waals surface area contributed by atoms with E-state index in [4.69, 9.17) is 4.74 Å². The number of likely N-dealkylation sites (tertiary alicyclic amines) is 1. The fourth-order valence-electron chi connectivity index (χ4n) is 6.08. The van der Waals surface area contributed by atoms with E-state index in [0.29, 0.717) is 6.61 Å². The molecular weight excluding hydrogens is 446 g/mol. The lowest BCUT2D eigenvalue weighted by Crippen LogP contribution is -2.37. The first kappa shape index (κ1) is 23.6. The average Bonchev–Trinajstić information content (AvgIpc) is 3.67. The number of ether oxygens (including phenoxy) is 1. The van der Waals surface area contributed by atoms with Crippen LogP contribution in [0.2, 0.25) is 0 Å². The maximum atomic E-state index is 13.4. The van der Waals surface area contributed by atoms with Gasteiger partial charge in [-0.25, -0.2) is 0 Å². The molecule has 1 amide bonds. The molecule has 0 spiro atoms. The normalized spacial score (nSPS) is 19.0. The number of aromatic nitrogens is 1. The molecule has 0 N–H and O–H groups in total. The number of carbonyl (C=O) groups excluding carboxylic acids is 1. The van der Waals surface area contributed by atoms with E-state index in [2.05, 4.69) is 63.8 Å². The molecule has 1 aliphatic carbocycles. The highest BCUT2D eigenvalue weighted by atomic mass is 16.5. The Morgan fingerprint density at radius 3 is 2.50 bits per heavy atom. The highest BCUT2D eigenvalue weighted by Crippen LogP contribution is 2.36. The molecule has 2 fully saturated rings. The van der Waals surface area contributed by atoms with E-state index in [1.807, 2.05) is 6.92 Å². The zero-order valence-corrected chi connectivity index (χ0v) is 21.8. The number of hydrogen-bond donors (Lipinski definition) is 0. The maximum absolute atomic E-state index is 13.4. The topological polar surface area (TPSA) is 37.7 Å². The van der Waals surface area contributed by atoms with Crippen LogP contribution in [0.15, 0.2) is 42.5 Å². The molecule has 0 radical (unpaired) electrons. The fraction of sp³-hybridized carbons (Fsp3) is 0.516. The van der Waals surface area contributed by atoms with Crippen LogP contribution in [0.5, 0.6) is 5.75 Å². The van der Waals surface area contributed by atoms with Crippen LogP contribution >= 0.6 is 0 Å². The summed E-state index contributed by atoms with van der Waals surface area (Å²) in [6, 6.07) is 15.0. The molecule has 1 saturated carbocycles. The van der Waals surface area contributed by atoms with Gasteiger partial charge in [0, 0.05) is 67.8 Å². The second-order valence-corrected chi connectivity index (χ2v) is 11.2. The maximum Gasteiger partial charge on any atom is 0.253 e. The van der Waals surface area contributed by atoms with Crippen LogP contribution in [0.4, 0.5) is 0 Å². The van der Waals surface area contributed by atoms with Crippen LogP contribution in [0.25, 0.3) is 10.9 Å². The van der Waals surface area contributed by atoms with Crippen molar-refractivity contribution in [1.29, 1.82) is 0 Å². The van der Waals surface area contributed by atoms with Crippen molar-refractivity contribution in [3.63, 3.8) is 0 Å². The quantitative estimate of drug-likeness (QED) is 0.429. The predicted octanol–water partition coefficient (Wildman–Crippen LogP) is 5.73. The number of amides is 1. The Morgan fingerprint density at radius 2 is 1.78 bits per heavy atom. The molecule has 6 rings (SSSR count). The van der Waals surface area contributed by atoms with Gasteiger partial charge in [-0.05, 0) is 85.9 Å². The number of piperidine rings is 1. The molecule has 190 valence electrons. The highest BCUT2D eigenvalue weighted by molar-refractivity contribution is 5.99. The Morgan fingerprint density at radius 1 is 1.00 bits per heavy atom. The SMILES string of the molecule is CCOc1ccc(Cn2c3c(c4cc(C(=O)N5CCC(C)CC5)ccc42)CN(CC2CC2)CC3)cc1. The lowest BCUT2D eigenvalue weighted by Gasteiger charge is -2.30. The summed E-state index contributed by atoms with van der Waals surface area (Å²) in [4.78, 5) is 18.1. The van der Waals surface area contributed by atoms with Gasteiger partial charge in [-0.3, -0.25) is 9.69 Å². The molecule has 0 atom stereocenters. The summed E-state index contributed by atoms with van der Waals surface area (Å²) in [5.74, 6) is 2.73. The number of rotatable bonds is 7. The minimum Gasteiger partial charge on any atom is -0.494 e. The molecule has 3 aromatic rings. The second kappa shape index (κ2) is 9.93. The Hall–Kier alpha value is -2.79. The first-order valence-electron chi connectivity index (χ1n) is 14.0. The molecule has 0 bridgehead atoms. The van der Waals surface area contributed by atoms with Gasteiger partial charge in [0.05, 0.1) is 6.61 Å². The van der Waals surface area contributed by atoms with Gasteiger partial charge in [0.1, 0.15) is 5.75 Å². The Bertz CT molecular complexity index is 1230. The molecule has 36 heavy (non-hydrogen) atoms.